The van der Waals surface area contributed by atoms with Gasteiger partial charge in [-0.3, -0.25) is 4.99 Å². The first-order chi connectivity index (χ1) is 11.7. The lowest BCUT2D eigenvalue weighted by molar-refractivity contribution is 0.972. The minimum atomic E-state index is 0. The molecule has 0 aliphatic carbocycles. The molecule has 132 valence electrons. The third-order valence-electron chi connectivity index (χ3n) is 4.19. The monoisotopic (exact) mass is 448 g/mol. The van der Waals surface area contributed by atoms with Gasteiger partial charge in [-0.15, -0.1) is 24.0 Å². The van der Waals surface area contributed by atoms with Gasteiger partial charge in [0.25, 0.3) is 0 Å². The molecular formula is C20H25IN4. The van der Waals surface area contributed by atoms with Crippen molar-refractivity contribution >= 4 is 46.5 Å². The molecule has 0 unspecified atom stereocenters. The highest BCUT2D eigenvalue weighted by atomic mass is 127. The summed E-state index contributed by atoms with van der Waals surface area (Å²) in [4.78, 5) is 7.77. The number of rotatable bonds is 5. The Hall–Kier alpha value is -2.02. The number of aromatic nitrogens is 1. The fourth-order valence-corrected chi connectivity index (χ4v) is 2.86. The molecule has 3 rings (SSSR count). The normalized spacial score (nSPS) is 11.4. The summed E-state index contributed by atoms with van der Waals surface area (Å²) in [6.45, 7) is 4.90. The second kappa shape index (κ2) is 8.89. The second-order valence-corrected chi connectivity index (χ2v) is 6.06. The number of nitrogens with one attached hydrogen (secondary N) is 2. The van der Waals surface area contributed by atoms with Crippen molar-refractivity contribution in [3.63, 3.8) is 0 Å². The van der Waals surface area contributed by atoms with Gasteiger partial charge < -0.3 is 16.0 Å². The maximum absolute atomic E-state index is 6.00. The molecule has 0 atom stereocenters. The van der Waals surface area contributed by atoms with Gasteiger partial charge in [-0.05, 0) is 54.7 Å². The minimum absolute atomic E-state index is 0. The quantitative estimate of drug-likeness (QED) is 0.303. The summed E-state index contributed by atoms with van der Waals surface area (Å²) in [6, 6.07) is 14.7. The van der Waals surface area contributed by atoms with E-state index in [9.17, 15) is 0 Å². The number of H-pyrrole nitrogens is 1. The number of anilines is 1. The molecule has 0 spiro atoms. The number of nitrogens with two attached hydrogens (primary N) is 1. The number of aliphatic imine (C=N–C) groups is 1. The van der Waals surface area contributed by atoms with E-state index in [-0.39, 0.29) is 24.0 Å². The number of aryl methyl sites for hydroxylation is 2. The summed E-state index contributed by atoms with van der Waals surface area (Å²) in [7, 11) is 0. The highest BCUT2D eigenvalue weighted by Crippen LogP contribution is 2.20. The summed E-state index contributed by atoms with van der Waals surface area (Å²) in [5.74, 6) is 0.457. The van der Waals surface area contributed by atoms with E-state index in [2.05, 4.69) is 65.7 Å². The van der Waals surface area contributed by atoms with Gasteiger partial charge in [0.1, 0.15) is 0 Å². The summed E-state index contributed by atoms with van der Waals surface area (Å²) in [6.07, 6.45) is 3.93. The molecule has 3 aromatic rings. The van der Waals surface area contributed by atoms with Crippen molar-refractivity contribution in [2.45, 2.75) is 26.7 Å². The number of nitrogens with zero attached hydrogens (tertiary/aromatic N) is 1. The van der Waals surface area contributed by atoms with Crippen molar-refractivity contribution in [1.82, 2.24) is 4.98 Å². The largest absolute Gasteiger partial charge is 0.370 e. The van der Waals surface area contributed by atoms with Crippen LogP contribution < -0.4 is 11.1 Å². The zero-order valence-corrected chi connectivity index (χ0v) is 17.0. The van der Waals surface area contributed by atoms with Gasteiger partial charge >= 0.3 is 0 Å². The number of halogens is 1. The Morgan fingerprint density at radius 1 is 1.20 bits per heavy atom. The van der Waals surface area contributed by atoms with Crippen molar-refractivity contribution in [2.24, 2.45) is 10.7 Å². The van der Waals surface area contributed by atoms with Crippen molar-refractivity contribution in [3.8, 4) is 0 Å². The van der Waals surface area contributed by atoms with Gasteiger partial charge in [0, 0.05) is 29.3 Å². The molecule has 2 aromatic carbocycles. The number of hydrogen-bond acceptors (Lipinski definition) is 1. The second-order valence-electron chi connectivity index (χ2n) is 6.06. The Bertz CT molecular complexity index is 867. The Balaban J connectivity index is 0.00000225. The standard InChI is InChI=1S/C20H24N4.HI/c1-3-15-5-4-6-17(12-15)24-20(21)22-10-9-16-13-23-19-11-14(2)7-8-18(16)19;/h4-8,11-13,23H,3,9-10H2,1-2H3,(H3,21,22,24);1H. The van der Waals surface area contributed by atoms with Crippen LogP contribution in [0.5, 0.6) is 0 Å². The van der Waals surface area contributed by atoms with Crippen molar-refractivity contribution < 1.29 is 0 Å². The summed E-state index contributed by atoms with van der Waals surface area (Å²) in [5, 5.41) is 4.42. The first kappa shape index (κ1) is 19.3. The average molecular weight is 448 g/mol. The first-order valence-corrected chi connectivity index (χ1v) is 8.38. The van der Waals surface area contributed by atoms with Crippen LogP contribution in [-0.4, -0.2) is 17.5 Å². The van der Waals surface area contributed by atoms with Gasteiger partial charge in [0.2, 0.25) is 0 Å². The molecule has 0 saturated heterocycles. The first-order valence-electron chi connectivity index (χ1n) is 8.38. The minimum Gasteiger partial charge on any atom is -0.370 e. The summed E-state index contributed by atoms with van der Waals surface area (Å²) >= 11 is 0. The Kier molecular flexibility index (Phi) is 6.87. The van der Waals surface area contributed by atoms with E-state index in [1.54, 1.807) is 0 Å². The van der Waals surface area contributed by atoms with E-state index in [0.29, 0.717) is 12.5 Å². The van der Waals surface area contributed by atoms with Crippen molar-refractivity contribution in [2.75, 3.05) is 11.9 Å². The van der Waals surface area contributed by atoms with E-state index in [0.717, 1.165) is 18.5 Å². The number of fused-ring (bicyclic) bond motifs is 1. The Morgan fingerprint density at radius 3 is 2.84 bits per heavy atom. The topological polar surface area (TPSA) is 66.2 Å². The highest BCUT2D eigenvalue weighted by molar-refractivity contribution is 14.0. The zero-order valence-electron chi connectivity index (χ0n) is 14.7. The SMILES string of the molecule is CCc1cccc(NC(N)=NCCc2c[nH]c3cc(C)ccc23)c1.I. The molecule has 5 heteroatoms. The van der Waals surface area contributed by atoms with Gasteiger partial charge in [-0.2, -0.15) is 0 Å². The molecule has 0 amide bonds. The maximum Gasteiger partial charge on any atom is 0.193 e. The van der Waals surface area contributed by atoms with E-state index in [1.165, 1.54) is 27.6 Å². The van der Waals surface area contributed by atoms with Gasteiger partial charge in [0.15, 0.2) is 5.96 Å². The van der Waals surface area contributed by atoms with E-state index in [1.807, 2.05) is 12.1 Å². The smallest absolute Gasteiger partial charge is 0.193 e. The predicted molar refractivity (Wildman–Crippen MR) is 118 cm³/mol. The lowest BCUT2D eigenvalue weighted by atomic mass is 10.1. The van der Waals surface area contributed by atoms with E-state index >= 15 is 0 Å². The van der Waals surface area contributed by atoms with Gasteiger partial charge in [-0.25, -0.2) is 0 Å². The van der Waals surface area contributed by atoms with Gasteiger partial charge in [0.05, 0.1) is 0 Å². The summed E-state index contributed by atoms with van der Waals surface area (Å²) < 4.78 is 0. The predicted octanol–water partition coefficient (Wildman–Crippen LogP) is 4.63. The Labute approximate surface area is 165 Å². The molecular weight excluding hydrogens is 423 g/mol. The molecule has 1 heterocycles. The lowest BCUT2D eigenvalue weighted by Gasteiger charge is -2.07. The molecule has 0 aliphatic heterocycles. The Morgan fingerprint density at radius 2 is 2.04 bits per heavy atom. The van der Waals surface area contributed by atoms with Crippen LogP contribution in [0.2, 0.25) is 0 Å². The molecule has 0 bridgehead atoms. The van der Waals surface area contributed by atoms with Crippen LogP contribution >= 0.6 is 24.0 Å². The fourth-order valence-electron chi connectivity index (χ4n) is 2.86. The number of benzene rings is 2. The molecule has 0 saturated carbocycles. The lowest BCUT2D eigenvalue weighted by Crippen LogP contribution is -2.23. The van der Waals surface area contributed by atoms with Crippen molar-refractivity contribution in [3.05, 3.63) is 65.4 Å². The molecule has 0 aliphatic rings. The van der Waals surface area contributed by atoms with Crippen LogP contribution in [0, 0.1) is 6.92 Å². The molecule has 1 aromatic heterocycles. The van der Waals surface area contributed by atoms with E-state index in [4.69, 9.17) is 5.73 Å². The van der Waals surface area contributed by atoms with Crippen LogP contribution in [-0.2, 0) is 12.8 Å². The average Bonchev–Trinajstić information content (AvgIpc) is 2.97. The van der Waals surface area contributed by atoms with Crippen LogP contribution in [0.15, 0.2) is 53.7 Å². The van der Waals surface area contributed by atoms with Crippen LogP contribution in [0.1, 0.15) is 23.6 Å². The zero-order chi connectivity index (χ0) is 16.9. The molecule has 25 heavy (non-hydrogen) atoms. The molecule has 4 nitrogen and oxygen atoms in total. The van der Waals surface area contributed by atoms with Gasteiger partial charge in [-0.1, -0.05) is 31.2 Å². The number of guanidine groups is 1. The van der Waals surface area contributed by atoms with Crippen LogP contribution in [0.4, 0.5) is 5.69 Å². The third kappa shape index (κ3) is 4.98. The van der Waals surface area contributed by atoms with Crippen molar-refractivity contribution in [1.29, 1.82) is 0 Å². The summed E-state index contributed by atoms with van der Waals surface area (Å²) in [5.41, 5.74) is 12.0. The van der Waals surface area contributed by atoms with E-state index < -0.39 is 0 Å². The molecule has 0 radical (unpaired) electrons. The molecule has 0 fully saturated rings. The highest BCUT2D eigenvalue weighted by Gasteiger charge is 2.03. The third-order valence-corrected chi connectivity index (χ3v) is 4.19. The maximum atomic E-state index is 6.00. The number of aromatic amines is 1. The number of hydrogen-bond donors (Lipinski definition) is 3. The molecule has 4 N–H and O–H groups in total. The van der Waals surface area contributed by atoms with Crippen LogP contribution in [0.3, 0.4) is 0 Å². The van der Waals surface area contributed by atoms with Crippen LogP contribution in [0.25, 0.3) is 10.9 Å². The fraction of sp³-hybridized carbons (Fsp3) is 0.250.